The zero-order chi connectivity index (χ0) is 22.4. The Bertz CT molecular complexity index is 686. The van der Waals surface area contributed by atoms with Crippen molar-refractivity contribution in [3.05, 3.63) is 10.1 Å². The van der Waals surface area contributed by atoms with E-state index < -0.39 is 53.0 Å². The average molecular weight is 426 g/mol. The first-order valence-electron chi connectivity index (χ1n) is 8.27. The molecular formula is C13H21F3N8O5. The van der Waals surface area contributed by atoms with Crippen molar-refractivity contribution < 1.29 is 32.6 Å². The molecule has 0 aliphatic carbocycles. The van der Waals surface area contributed by atoms with Gasteiger partial charge in [0.2, 0.25) is 11.8 Å². The van der Waals surface area contributed by atoms with Gasteiger partial charge in [-0.1, -0.05) is 5.43 Å². The highest BCUT2D eigenvalue weighted by molar-refractivity contribution is 5.90. The Labute approximate surface area is 161 Å². The molecule has 1 aliphatic heterocycles. The van der Waals surface area contributed by atoms with Crippen molar-refractivity contribution in [2.75, 3.05) is 13.1 Å². The van der Waals surface area contributed by atoms with Crippen LogP contribution < -0.4 is 27.9 Å². The van der Waals surface area contributed by atoms with Gasteiger partial charge in [0, 0.05) is 19.1 Å². The second-order valence-corrected chi connectivity index (χ2v) is 6.20. The van der Waals surface area contributed by atoms with Gasteiger partial charge in [0.25, 0.3) is 5.96 Å². The molecule has 1 aliphatic rings. The average Bonchev–Trinajstić information content (AvgIpc) is 3.00. The smallest absolute Gasteiger partial charge is 0.368 e. The molecule has 0 bridgehead atoms. The van der Waals surface area contributed by atoms with E-state index in [0.717, 1.165) is 4.90 Å². The fraction of sp³-hybridized carbons (Fsp3) is 0.692. The molecule has 0 unspecified atom stereocenters. The van der Waals surface area contributed by atoms with Gasteiger partial charge in [-0.15, -0.1) is 0 Å². The Kier molecular flexibility index (Phi) is 8.11. The number of aliphatic imine (C=N–C) groups is 1. The Balaban J connectivity index is 2.64. The quantitative estimate of drug-likeness (QED) is 0.0905. The third kappa shape index (κ3) is 7.40. The summed E-state index contributed by atoms with van der Waals surface area (Å²) in [5, 5.41) is 11.0. The molecule has 1 saturated heterocycles. The summed E-state index contributed by atoms with van der Waals surface area (Å²) in [6.07, 6.45) is -5.13. The molecule has 13 nitrogen and oxygen atoms in total. The van der Waals surface area contributed by atoms with Crippen LogP contribution in [0.3, 0.4) is 0 Å². The summed E-state index contributed by atoms with van der Waals surface area (Å²) in [6.45, 7) is -0.350. The van der Waals surface area contributed by atoms with Crippen LogP contribution in [0.1, 0.15) is 19.3 Å². The normalized spacial score (nSPS) is 20.8. The number of hydrogen-bond acceptors (Lipinski definition) is 7. The van der Waals surface area contributed by atoms with E-state index in [-0.39, 0.29) is 32.4 Å². The van der Waals surface area contributed by atoms with E-state index >= 15 is 0 Å². The Morgan fingerprint density at radius 2 is 1.93 bits per heavy atom. The molecule has 29 heavy (non-hydrogen) atoms. The van der Waals surface area contributed by atoms with Crippen molar-refractivity contribution in [3.8, 4) is 0 Å². The molecule has 3 atom stereocenters. The van der Waals surface area contributed by atoms with Gasteiger partial charge in [-0.25, -0.2) is 15.1 Å². The lowest BCUT2D eigenvalue weighted by Crippen LogP contribution is -2.50. The monoisotopic (exact) mass is 426 g/mol. The molecule has 3 amide bonds. The topological polar surface area (TPSA) is 212 Å². The minimum absolute atomic E-state index is 0.0111. The van der Waals surface area contributed by atoms with Gasteiger partial charge >= 0.3 is 12.1 Å². The number of nitrogens with one attached hydrogen (secondary N) is 2. The summed E-state index contributed by atoms with van der Waals surface area (Å²) >= 11 is 0. The van der Waals surface area contributed by atoms with Crippen LogP contribution >= 0.6 is 0 Å². The fourth-order valence-corrected chi connectivity index (χ4v) is 2.70. The van der Waals surface area contributed by atoms with Crippen molar-refractivity contribution in [1.82, 2.24) is 15.6 Å². The largest absolute Gasteiger partial charge is 0.471 e. The molecule has 0 saturated carbocycles. The number of nitrogens with zero attached hydrogens (tertiary/aromatic N) is 3. The van der Waals surface area contributed by atoms with Crippen LogP contribution in [-0.4, -0.2) is 71.0 Å². The molecule has 0 radical (unpaired) electrons. The van der Waals surface area contributed by atoms with Crippen LogP contribution in [-0.2, 0) is 14.4 Å². The molecule has 8 N–H and O–H groups in total. The summed E-state index contributed by atoms with van der Waals surface area (Å²) in [7, 11) is 0. The number of guanidine groups is 1. The lowest BCUT2D eigenvalue weighted by atomic mass is 10.1. The molecule has 0 aromatic rings. The zero-order valence-corrected chi connectivity index (χ0v) is 15.0. The molecule has 1 rings (SSSR count). The molecule has 0 aromatic carbocycles. The molecule has 1 fully saturated rings. The van der Waals surface area contributed by atoms with Gasteiger partial charge in [-0.3, -0.25) is 14.4 Å². The number of alkyl halides is 3. The van der Waals surface area contributed by atoms with Crippen molar-refractivity contribution in [2.24, 2.45) is 22.2 Å². The highest BCUT2D eigenvalue weighted by Gasteiger charge is 2.44. The summed E-state index contributed by atoms with van der Waals surface area (Å²) in [6, 6.07) is -3.46. The maximum Gasteiger partial charge on any atom is 0.471 e. The second-order valence-electron chi connectivity index (χ2n) is 6.20. The minimum atomic E-state index is -5.11. The molecular weight excluding hydrogens is 405 g/mol. The van der Waals surface area contributed by atoms with Crippen molar-refractivity contribution >= 4 is 23.7 Å². The number of carbonyl (C=O) groups excluding carboxylic acids is 3. The number of primary amides is 1. The first kappa shape index (κ1) is 23.9. The first-order chi connectivity index (χ1) is 13.3. The van der Waals surface area contributed by atoms with Crippen LogP contribution in [0.5, 0.6) is 0 Å². The van der Waals surface area contributed by atoms with Crippen molar-refractivity contribution in [1.29, 1.82) is 0 Å². The maximum absolute atomic E-state index is 12.5. The number of rotatable bonds is 8. The van der Waals surface area contributed by atoms with E-state index in [4.69, 9.17) is 17.2 Å². The van der Waals surface area contributed by atoms with Gasteiger partial charge in [0.1, 0.15) is 6.04 Å². The van der Waals surface area contributed by atoms with E-state index in [0.29, 0.717) is 0 Å². The van der Waals surface area contributed by atoms with Crippen LogP contribution in [0, 0.1) is 10.1 Å². The standard InChI is InChI=1S/C13H21F3N8O5/c14-13(15,16)11(27)21-6-4-8(9(18)25)23(5-6)10(26)7(17)2-1-3-20-12(19)22-24(28)29/h6-8H,1-5,17H2,(H2,18,25)(H,21,27)(H3,19,20,22)/t6-,7+,8-/m1/s1. The van der Waals surface area contributed by atoms with E-state index in [1.807, 2.05) is 0 Å². The first-order valence-corrected chi connectivity index (χ1v) is 8.27. The van der Waals surface area contributed by atoms with Crippen LogP contribution in [0.4, 0.5) is 13.2 Å². The highest BCUT2D eigenvalue weighted by atomic mass is 19.4. The lowest BCUT2D eigenvalue weighted by molar-refractivity contribution is -0.525. The number of nitrogens with two attached hydrogens (primary N) is 3. The number of likely N-dealkylation sites (tertiary alicyclic amines) is 1. The SMILES string of the molecule is NC(=O)[C@H]1C[C@@H](NC(=O)C(F)(F)F)CN1C(=O)[C@@H](N)CCCN=C(N)N[N+](=O)[O-]. The summed E-state index contributed by atoms with van der Waals surface area (Å²) in [4.78, 5) is 49.8. The molecule has 164 valence electrons. The Morgan fingerprint density at radius 3 is 2.45 bits per heavy atom. The van der Waals surface area contributed by atoms with Crippen LogP contribution in [0.15, 0.2) is 4.99 Å². The van der Waals surface area contributed by atoms with Gasteiger partial charge < -0.3 is 27.4 Å². The second kappa shape index (κ2) is 9.85. The van der Waals surface area contributed by atoms with Gasteiger partial charge in [0.15, 0.2) is 5.03 Å². The molecule has 16 heteroatoms. The third-order valence-electron chi connectivity index (χ3n) is 3.98. The lowest BCUT2D eigenvalue weighted by Gasteiger charge is -2.25. The van der Waals surface area contributed by atoms with Crippen molar-refractivity contribution in [3.63, 3.8) is 0 Å². The number of carbonyl (C=O) groups is 3. The van der Waals surface area contributed by atoms with E-state index in [9.17, 15) is 37.7 Å². The van der Waals surface area contributed by atoms with Gasteiger partial charge in [-0.2, -0.15) is 13.2 Å². The summed E-state index contributed by atoms with van der Waals surface area (Å²) < 4.78 is 37.1. The number of amides is 3. The third-order valence-corrected chi connectivity index (χ3v) is 3.98. The van der Waals surface area contributed by atoms with Gasteiger partial charge in [-0.05, 0) is 19.3 Å². The van der Waals surface area contributed by atoms with Crippen LogP contribution in [0.25, 0.3) is 0 Å². The van der Waals surface area contributed by atoms with Crippen LogP contribution in [0.2, 0.25) is 0 Å². The predicted octanol–water partition coefficient (Wildman–Crippen LogP) is -2.68. The zero-order valence-electron chi connectivity index (χ0n) is 15.0. The fourth-order valence-electron chi connectivity index (χ4n) is 2.70. The summed E-state index contributed by atoms with van der Waals surface area (Å²) in [5.41, 5.74) is 17.8. The molecule has 1 heterocycles. The predicted molar refractivity (Wildman–Crippen MR) is 91.1 cm³/mol. The highest BCUT2D eigenvalue weighted by Crippen LogP contribution is 2.22. The van der Waals surface area contributed by atoms with Crippen molar-refractivity contribution in [2.45, 2.75) is 43.6 Å². The number of hydrogen-bond donors (Lipinski definition) is 5. The van der Waals surface area contributed by atoms with E-state index in [2.05, 4.69) is 4.99 Å². The number of hydrazine groups is 1. The summed E-state index contributed by atoms with van der Waals surface area (Å²) in [5.74, 6) is -4.31. The Hall–Kier alpha value is -3.17. The van der Waals surface area contributed by atoms with E-state index in [1.165, 1.54) is 0 Å². The molecule has 0 spiro atoms. The Morgan fingerprint density at radius 1 is 1.31 bits per heavy atom. The maximum atomic E-state index is 12.5. The number of halogens is 3. The number of nitro groups is 1. The van der Waals surface area contributed by atoms with Gasteiger partial charge in [0.05, 0.1) is 6.04 Å². The van der Waals surface area contributed by atoms with E-state index in [1.54, 1.807) is 10.7 Å². The molecule has 0 aromatic heterocycles. The minimum Gasteiger partial charge on any atom is -0.368 e.